The molecular formula is C20H20ClFN6. The molecule has 144 valence electrons. The van der Waals surface area contributed by atoms with E-state index in [9.17, 15) is 4.39 Å². The van der Waals surface area contributed by atoms with Gasteiger partial charge in [-0.05, 0) is 38.1 Å². The first kappa shape index (κ1) is 17.5. The molecule has 3 aromatic rings. The fraction of sp³-hybridized carbons (Fsp3) is 0.300. The van der Waals surface area contributed by atoms with E-state index < -0.39 is 6.17 Å². The maximum Gasteiger partial charge on any atom is 0.216 e. The summed E-state index contributed by atoms with van der Waals surface area (Å²) in [5.41, 5.74) is 2.30. The Labute approximate surface area is 167 Å². The van der Waals surface area contributed by atoms with Gasteiger partial charge in [-0.15, -0.1) is 0 Å². The zero-order valence-electron chi connectivity index (χ0n) is 15.6. The van der Waals surface area contributed by atoms with Crippen molar-refractivity contribution in [1.29, 1.82) is 0 Å². The number of fused-ring (bicyclic) bond motifs is 5. The number of hydrogen-bond donors (Lipinski definition) is 1. The van der Waals surface area contributed by atoms with Crippen LogP contribution in [0.5, 0.6) is 0 Å². The number of nitrogens with one attached hydrogen (secondary N) is 1. The van der Waals surface area contributed by atoms with Crippen LogP contribution in [0.2, 0.25) is 5.02 Å². The number of anilines is 1. The van der Waals surface area contributed by atoms with Crippen molar-refractivity contribution >= 4 is 34.5 Å². The van der Waals surface area contributed by atoms with Gasteiger partial charge in [0, 0.05) is 16.6 Å². The second-order valence-corrected chi connectivity index (χ2v) is 7.79. The van der Waals surface area contributed by atoms with E-state index in [1.807, 2.05) is 33.7 Å². The van der Waals surface area contributed by atoms with Crippen molar-refractivity contribution in [3.05, 3.63) is 58.9 Å². The van der Waals surface area contributed by atoms with Gasteiger partial charge in [-0.3, -0.25) is 14.4 Å². The Morgan fingerprint density at radius 3 is 2.82 bits per heavy atom. The van der Waals surface area contributed by atoms with Crippen molar-refractivity contribution in [2.24, 2.45) is 4.99 Å². The smallest absolute Gasteiger partial charge is 0.216 e. The highest BCUT2D eigenvalue weighted by Gasteiger charge is 2.37. The quantitative estimate of drug-likeness (QED) is 0.713. The van der Waals surface area contributed by atoms with Crippen LogP contribution in [-0.4, -0.2) is 39.8 Å². The fourth-order valence-electron chi connectivity index (χ4n) is 3.75. The number of guanidine groups is 1. The lowest BCUT2D eigenvalue weighted by molar-refractivity contribution is 0.221. The van der Waals surface area contributed by atoms with Crippen LogP contribution in [0, 0.1) is 5.82 Å². The number of imidazole rings is 1. The van der Waals surface area contributed by atoms with Crippen molar-refractivity contribution < 1.29 is 4.39 Å². The van der Waals surface area contributed by atoms with Crippen molar-refractivity contribution in [3.8, 4) is 0 Å². The number of aliphatic imine (C=N–C) groups is 1. The maximum atomic E-state index is 14.8. The summed E-state index contributed by atoms with van der Waals surface area (Å²) in [6.45, 7) is 5.55. The van der Waals surface area contributed by atoms with Gasteiger partial charge in [0.15, 0.2) is 0 Å². The highest BCUT2D eigenvalue weighted by atomic mass is 35.5. The van der Waals surface area contributed by atoms with Crippen molar-refractivity contribution in [2.45, 2.75) is 26.1 Å². The second-order valence-electron chi connectivity index (χ2n) is 7.36. The number of benzene rings is 2. The highest BCUT2D eigenvalue weighted by molar-refractivity contribution is 6.30. The van der Waals surface area contributed by atoms with Crippen LogP contribution in [0.1, 0.15) is 25.6 Å². The van der Waals surface area contributed by atoms with E-state index in [-0.39, 0.29) is 5.82 Å². The summed E-state index contributed by atoms with van der Waals surface area (Å²) >= 11 is 5.97. The zero-order valence-corrected chi connectivity index (χ0v) is 16.4. The molecule has 0 amide bonds. The Hall–Kier alpha value is -2.64. The van der Waals surface area contributed by atoms with Crippen LogP contribution < -0.4 is 10.2 Å². The molecule has 2 aliphatic heterocycles. The van der Waals surface area contributed by atoms with E-state index in [0.29, 0.717) is 35.9 Å². The Morgan fingerprint density at radius 2 is 2.04 bits per heavy atom. The molecule has 28 heavy (non-hydrogen) atoms. The molecule has 3 heterocycles. The van der Waals surface area contributed by atoms with Crippen LogP contribution >= 0.6 is 11.6 Å². The van der Waals surface area contributed by atoms with E-state index in [4.69, 9.17) is 21.6 Å². The molecule has 5 rings (SSSR count). The molecule has 6 nitrogen and oxygen atoms in total. The summed E-state index contributed by atoms with van der Waals surface area (Å²) in [5.74, 6) is 1.10. The van der Waals surface area contributed by atoms with E-state index in [1.165, 1.54) is 6.07 Å². The van der Waals surface area contributed by atoms with Crippen LogP contribution in [-0.2, 0) is 0 Å². The molecule has 1 atom stereocenters. The summed E-state index contributed by atoms with van der Waals surface area (Å²) in [6, 6.07) is 13.0. The average Bonchev–Trinajstić information content (AvgIpc) is 3.07. The molecule has 0 saturated heterocycles. The largest absolute Gasteiger partial charge is 0.331 e. The minimum atomic E-state index is -0.458. The molecule has 1 N–H and O–H groups in total. The van der Waals surface area contributed by atoms with Gasteiger partial charge in [0.25, 0.3) is 0 Å². The number of nitrogens with zero attached hydrogens (tertiary/aromatic N) is 5. The highest BCUT2D eigenvalue weighted by Crippen LogP contribution is 2.35. The van der Waals surface area contributed by atoms with Gasteiger partial charge >= 0.3 is 0 Å². The Bertz CT molecular complexity index is 1090. The minimum absolute atomic E-state index is 0.356. The number of rotatable bonds is 2. The van der Waals surface area contributed by atoms with Gasteiger partial charge in [-0.2, -0.15) is 0 Å². The molecule has 8 heteroatoms. The third-order valence-electron chi connectivity index (χ3n) is 5.31. The second kappa shape index (κ2) is 6.46. The summed E-state index contributed by atoms with van der Waals surface area (Å²) in [4.78, 5) is 13.8. The molecule has 0 aliphatic carbocycles. The van der Waals surface area contributed by atoms with E-state index in [0.717, 1.165) is 17.0 Å². The van der Waals surface area contributed by atoms with Gasteiger partial charge in [0.05, 0.1) is 24.4 Å². The monoisotopic (exact) mass is 398 g/mol. The van der Waals surface area contributed by atoms with Crippen LogP contribution in [0.15, 0.2) is 47.5 Å². The normalized spacial score (nSPS) is 19.4. The first-order chi connectivity index (χ1) is 13.5. The minimum Gasteiger partial charge on any atom is -0.331 e. The van der Waals surface area contributed by atoms with Gasteiger partial charge in [-0.25, -0.2) is 14.4 Å². The Kier molecular flexibility index (Phi) is 4.03. The fourth-order valence-corrected chi connectivity index (χ4v) is 3.91. The van der Waals surface area contributed by atoms with Crippen LogP contribution in [0.3, 0.4) is 0 Å². The van der Waals surface area contributed by atoms with Crippen molar-refractivity contribution in [3.63, 3.8) is 0 Å². The third kappa shape index (κ3) is 2.65. The molecule has 2 aliphatic rings. The summed E-state index contributed by atoms with van der Waals surface area (Å²) in [7, 11) is 0. The SMILES string of the molecule is CC(C)N1CN=C2NC(c3ccc(Cl)cc3F)n3c(nc4ccccc43)N2C1. The van der Waals surface area contributed by atoms with E-state index in [2.05, 4.69) is 24.1 Å². The number of para-hydroxylation sites is 2. The summed E-state index contributed by atoms with van der Waals surface area (Å²) in [6.07, 6.45) is -0.458. The molecular weight excluding hydrogens is 379 g/mol. The predicted molar refractivity (Wildman–Crippen MR) is 109 cm³/mol. The topological polar surface area (TPSA) is 48.7 Å². The third-order valence-corrected chi connectivity index (χ3v) is 5.55. The first-order valence-electron chi connectivity index (χ1n) is 9.27. The number of hydrogen-bond acceptors (Lipinski definition) is 5. The predicted octanol–water partition coefficient (Wildman–Crippen LogP) is 3.78. The molecule has 0 spiro atoms. The lowest BCUT2D eigenvalue weighted by Gasteiger charge is -2.42. The van der Waals surface area contributed by atoms with Crippen LogP contribution in [0.4, 0.5) is 10.3 Å². The Morgan fingerprint density at radius 1 is 1.21 bits per heavy atom. The Balaban J connectivity index is 1.71. The van der Waals surface area contributed by atoms with Gasteiger partial charge in [-0.1, -0.05) is 29.8 Å². The molecule has 0 bridgehead atoms. The molecule has 0 fully saturated rings. The van der Waals surface area contributed by atoms with E-state index in [1.54, 1.807) is 12.1 Å². The molecule has 1 aromatic heterocycles. The summed E-state index contributed by atoms with van der Waals surface area (Å²) in [5, 5.41) is 3.79. The standard InChI is InChI=1S/C20H20ClFN6/c1-12(2)26-10-23-19-25-18(14-8-7-13(21)9-15(14)22)28-17-6-4-3-5-16(17)24-20(28)27(19)11-26/h3-9,12,18H,10-11H2,1-2H3,(H,23,25). The van der Waals surface area contributed by atoms with E-state index >= 15 is 0 Å². The molecule has 2 aromatic carbocycles. The van der Waals surface area contributed by atoms with Gasteiger partial charge in [0.1, 0.15) is 12.0 Å². The average molecular weight is 399 g/mol. The molecule has 1 unspecified atom stereocenters. The molecule has 0 saturated carbocycles. The number of halogens is 2. The maximum absolute atomic E-state index is 14.8. The zero-order chi connectivity index (χ0) is 19.4. The van der Waals surface area contributed by atoms with Gasteiger partial charge in [0.2, 0.25) is 11.9 Å². The van der Waals surface area contributed by atoms with Crippen molar-refractivity contribution in [2.75, 3.05) is 18.2 Å². The lowest BCUT2D eigenvalue weighted by atomic mass is 10.1. The first-order valence-corrected chi connectivity index (χ1v) is 9.65. The van der Waals surface area contributed by atoms with Crippen LogP contribution in [0.25, 0.3) is 11.0 Å². The molecule has 0 radical (unpaired) electrons. The van der Waals surface area contributed by atoms with Crippen molar-refractivity contribution in [1.82, 2.24) is 19.8 Å². The summed E-state index contributed by atoms with van der Waals surface area (Å²) < 4.78 is 16.8. The van der Waals surface area contributed by atoms with Gasteiger partial charge < -0.3 is 5.32 Å². The lowest BCUT2D eigenvalue weighted by Crippen LogP contribution is -2.58. The number of aromatic nitrogens is 2.